The Morgan fingerprint density at radius 1 is 1.38 bits per heavy atom. The molecule has 0 saturated heterocycles. The van der Waals surface area contributed by atoms with Crippen LogP contribution >= 0.6 is 11.3 Å². The van der Waals surface area contributed by atoms with Crippen LogP contribution in [0.25, 0.3) is 0 Å². The quantitative estimate of drug-likeness (QED) is 0.890. The van der Waals surface area contributed by atoms with Gasteiger partial charge in [-0.15, -0.1) is 11.3 Å². The summed E-state index contributed by atoms with van der Waals surface area (Å²) in [6.45, 7) is 2.97. The van der Waals surface area contributed by atoms with Crippen molar-refractivity contribution >= 4 is 22.9 Å². The first-order valence-corrected chi connectivity index (χ1v) is 8.50. The number of carbonyl (C=O) groups is 1. The second kappa shape index (κ2) is 6.57. The summed E-state index contributed by atoms with van der Waals surface area (Å²) in [5, 5.41) is 4.61. The number of benzene rings is 1. The summed E-state index contributed by atoms with van der Waals surface area (Å²) in [4.78, 5) is 15.6. The van der Waals surface area contributed by atoms with Gasteiger partial charge in [-0.2, -0.15) is 13.2 Å². The first-order chi connectivity index (χ1) is 11.3. The molecule has 3 nitrogen and oxygen atoms in total. The third kappa shape index (κ3) is 3.62. The summed E-state index contributed by atoms with van der Waals surface area (Å²) in [6.07, 6.45) is -3.52. The fourth-order valence-corrected chi connectivity index (χ4v) is 3.90. The Labute approximate surface area is 142 Å². The van der Waals surface area contributed by atoms with E-state index in [1.807, 2.05) is 17.2 Å². The molecule has 0 bridgehead atoms. The van der Waals surface area contributed by atoms with Crippen LogP contribution in [0.2, 0.25) is 0 Å². The molecule has 2 heterocycles. The molecule has 1 atom stereocenters. The van der Waals surface area contributed by atoms with E-state index >= 15 is 0 Å². The average Bonchev–Trinajstić information content (AvgIpc) is 2.99. The Bertz CT molecular complexity index is 741. The van der Waals surface area contributed by atoms with Crippen molar-refractivity contribution in [1.82, 2.24) is 4.90 Å². The first kappa shape index (κ1) is 17.0. The molecule has 0 fully saturated rings. The van der Waals surface area contributed by atoms with Crippen LogP contribution in [-0.4, -0.2) is 23.9 Å². The van der Waals surface area contributed by atoms with Gasteiger partial charge >= 0.3 is 6.18 Å². The molecule has 1 aliphatic heterocycles. The van der Waals surface area contributed by atoms with E-state index in [1.165, 1.54) is 22.6 Å². The van der Waals surface area contributed by atoms with Gasteiger partial charge in [-0.3, -0.25) is 9.69 Å². The van der Waals surface area contributed by atoms with E-state index < -0.39 is 11.7 Å². The Kier molecular flexibility index (Phi) is 4.64. The number of rotatable bonds is 3. The van der Waals surface area contributed by atoms with Gasteiger partial charge in [-0.05, 0) is 48.6 Å². The van der Waals surface area contributed by atoms with Crippen molar-refractivity contribution in [2.24, 2.45) is 0 Å². The minimum Gasteiger partial charge on any atom is -0.325 e. The minimum absolute atomic E-state index is 0.132. The van der Waals surface area contributed by atoms with Crippen molar-refractivity contribution in [2.45, 2.75) is 25.6 Å². The summed E-state index contributed by atoms with van der Waals surface area (Å²) < 4.78 is 38.2. The molecule has 0 spiro atoms. The summed E-state index contributed by atoms with van der Waals surface area (Å²) in [7, 11) is 0. The molecule has 7 heteroatoms. The lowest BCUT2D eigenvalue weighted by molar-refractivity contribution is -0.137. The molecule has 2 aromatic rings. The standard InChI is InChI=1S/C17H17F3N2OS/c1-11-14-6-8-24-15(14)5-7-22(11)10-16(23)21-13-4-2-3-12(9-13)17(18,19)20/h2-4,6,8-9,11H,5,7,10H2,1H3,(H,21,23)/t11-/m1/s1. The number of carbonyl (C=O) groups excluding carboxylic acids is 1. The number of halogens is 3. The van der Waals surface area contributed by atoms with Crippen molar-refractivity contribution in [3.05, 3.63) is 51.7 Å². The SMILES string of the molecule is C[C@@H]1c2ccsc2CCN1CC(=O)Nc1cccc(C(F)(F)F)c1. The minimum atomic E-state index is -4.42. The van der Waals surface area contributed by atoms with Gasteiger partial charge in [0.15, 0.2) is 0 Å². The van der Waals surface area contributed by atoms with E-state index in [9.17, 15) is 18.0 Å². The van der Waals surface area contributed by atoms with Crippen molar-refractivity contribution in [3.63, 3.8) is 0 Å². The van der Waals surface area contributed by atoms with Crippen LogP contribution in [0.3, 0.4) is 0 Å². The van der Waals surface area contributed by atoms with Gasteiger partial charge in [-0.25, -0.2) is 0 Å². The summed E-state index contributed by atoms with van der Waals surface area (Å²) in [6, 6.07) is 6.90. The summed E-state index contributed by atoms with van der Waals surface area (Å²) in [5.74, 6) is -0.306. The number of hydrogen-bond donors (Lipinski definition) is 1. The Morgan fingerprint density at radius 2 is 2.17 bits per heavy atom. The highest BCUT2D eigenvalue weighted by atomic mass is 32.1. The molecular weight excluding hydrogens is 337 g/mol. The van der Waals surface area contributed by atoms with Gasteiger partial charge in [0.05, 0.1) is 12.1 Å². The maximum Gasteiger partial charge on any atom is 0.416 e. The van der Waals surface area contributed by atoms with Crippen LogP contribution in [0.5, 0.6) is 0 Å². The van der Waals surface area contributed by atoms with Gasteiger partial charge in [-0.1, -0.05) is 6.07 Å². The molecule has 1 aromatic heterocycles. The Balaban J connectivity index is 1.64. The van der Waals surface area contributed by atoms with Crippen molar-refractivity contribution in [1.29, 1.82) is 0 Å². The zero-order valence-electron chi connectivity index (χ0n) is 13.1. The predicted molar refractivity (Wildman–Crippen MR) is 88.1 cm³/mol. The molecule has 3 rings (SSSR count). The monoisotopic (exact) mass is 354 g/mol. The maximum absolute atomic E-state index is 12.7. The molecule has 1 aromatic carbocycles. The van der Waals surface area contributed by atoms with Gasteiger partial charge in [0.25, 0.3) is 0 Å². The lowest BCUT2D eigenvalue weighted by Gasteiger charge is -2.32. The fourth-order valence-electron chi connectivity index (χ4n) is 2.94. The van der Waals surface area contributed by atoms with E-state index in [4.69, 9.17) is 0 Å². The fraction of sp³-hybridized carbons (Fsp3) is 0.353. The second-order valence-corrected chi connectivity index (χ2v) is 6.82. The third-order valence-electron chi connectivity index (χ3n) is 4.22. The highest BCUT2D eigenvalue weighted by Gasteiger charge is 2.31. The summed E-state index contributed by atoms with van der Waals surface area (Å²) in [5.41, 5.74) is 0.628. The van der Waals surface area contributed by atoms with E-state index in [0.717, 1.165) is 25.1 Å². The lowest BCUT2D eigenvalue weighted by atomic mass is 10.0. The molecule has 1 amide bonds. The largest absolute Gasteiger partial charge is 0.416 e. The van der Waals surface area contributed by atoms with Crippen molar-refractivity contribution in [3.8, 4) is 0 Å². The van der Waals surface area contributed by atoms with Gasteiger partial charge in [0.2, 0.25) is 5.91 Å². The molecule has 1 N–H and O–H groups in total. The number of anilines is 1. The number of thiophene rings is 1. The van der Waals surface area contributed by atoms with Crippen LogP contribution in [-0.2, 0) is 17.4 Å². The predicted octanol–water partition coefficient (Wildman–Crippen LogP) is 4.32. The van der Waals surface area contributed by atoms with E-state index in [-0.39, 0.29) is 24.2 Å². The maximum atomic E-state index is 12.7. The zero-order chi connectivity index (χ0) is 17.3. The van der Waals surface area contributed by atoms with E-state index in [0.29, 0.717) is 0 Å². The van der Waals surface area contributed by atoms with Crippen LogP contribution in [0.15, 0.2) is 35.7 Å². The molecule has 0 unspecified atom stereocenters. The van der Waals surface area contributed by atoms with E-state index in [1.54, 1.807) is 11.3 Å². The smallest absolute Gasteiger partial charge is 0.325 e. The molecular formula is C17H17F3N2OS. The average molecular weight is 354 g/mol. The number of alkyl halides is 3. The van der Waals surface area contributed by atoms with Gasteiger partial charge in [0, 0.05) is 23.2 Å². The first-order valence-electron chi connectivity index (χ1n) is 7.62. The van der Waals surface area contributed by atoms with Gasteiger partial charge in [0.1, 0.15) is 0 Å². The Hall–Kier alpha value is -1.86. The van der Waals surface area contributed by atoms with Gasteiger partial charge < -0.3 is 5.32 Å². The molecule has 128 valence electrons. The molecule has 0 saturated carbocycles. The van der Waals surface area contributed by atoms with Crippen LogP contribution in [0, 0.1) is 0 Å². The van der Waals surface area contributed by atoms with Crippen LogP contribution < -0.4 is 5.32 Å². The molecule has 24 heavy (non-hydrogen) atoms. The van der Waals surface area contributed by atoms with Crippen LogP contribution in [0.4, 0.5) is 18.9 Å². The zero-order valence-corrected chi connectivity index (χ0v) is 13.9. The summed E-state index contributed by atoms with van der Waals surface area (Å²) >= 11 is 1.72. The number of nitrogens with one attached hydrogen (secondary N) is 1. The van der Waals surface area contributed by atoms with E-state index in [2.05, 4.69) is 11.4 Å². The number of fused-ring (bicyclic) bond motifs is 1. The molecule has 0 radical (unpaired) electrons. The normalized spacial score (nSPS) is 18.2. The number of nitrogens with zero attached hydrogens (tertiary/aromatic N) is 1. The van der Waals surface area contributed by atoms with Crippen molar-refractivity contribution < 1.29 is 18.0 Å². The third-order valence-corrected chi connectivity index (χ3v) is 5.22. The molecule has 0 aliphatic carbocycles. The lowest BCUT2D eigenvalue weighted by Crippen LogP contribution is -2.39. The number of hydrogen-bond acceptors (Lipinski definition) is 3. The highest BCUT2D eigenvalue weighted by Crippen LogP contribution is 2.33. The second-order valence-electron chi connectivity index (χ2n) is 5.82. The Morgan fingerprint density at radius 3 is 2.92 bits per heavy atom. The number of amides is 1. The van der Waals surface area contributed by atoms with Crippen molar-refractivity contribution in [2.75, 3.05) is 18.4 Å². The highest BCUT2D eigenvalue weighted by molar-refractivity contribution is 7.10. The topological polar surface area (TPSA) is 32.3 Å². The van der Waals surface area contributed by atoms with Crippen LogP contribution in [0.1, 0.15) is 29.0 Å². The molecule has 1 aliphatic rings.